The lowest BCUT2D eigenvalue weighted by molar-refractivity contribution is -0.127. The van der Waals surface area contributed by atoms with Crippen molar-refractivity contribution in [2.45, 2.75) is 38.6 Å². The van der Waals surface area contributed by atoms with Crippen molar-refractivity contribution in [2.75, 3.05) is 25.2 Å². The number of imide groups is 1. The Balaban J connectivity index is 2.17. The molecule has 1 fully saturated rings. The topological polar surface area (TPSA) is 85.2 Å². The molecule has 0 aromatic rings. The molecule has 0 aromatic heterocycles. The molecule has 3 amide bonds. The maximum absolute atomic E-state index is 12.3. The first-order valence-corrected chi connectivity index (χ1v) is 9.16. The van der Waals surface area contributed by atoms with Crippen molar-refractivity contribution in [3.8, 4) is 0 Å². The number of amides is 3. The van der Waals surface area contributed by atoms with Crippen molar-refractivity contribution in [3.63, 3.8) is 0 Å². The molecule has 9 heteroatoms. The fraction of sp³-hybridized carbons (Fsp3) is 0.786. The monoisotopic (exact) mass is 362 g/mol. The normalized spacial score (nSPS) is 25.6. The number of hydrogen-bond acceptors (Lipinski definition) is 6. The van der Waals surface area contributed by atoms with Gasteiger partial charge in [0.2, 0.25) is 0 Å². The quantitative estimate of drug-likeness (QED) is 0.686. The Labute approximate surface area is 145 Å². The molecule has 23 heavy (non-hydrogen) atoms. The Morgan fingerprint density at radius 2 is 2.13 bits per heavy atom. The van der Waals surface area contributed by atoms with Crippen LogP contribution in [0, 0.1) is 5.92 Å². The van der Waals surface area contributed by atoms with E-state index in [1.807, 2.05) is 4.90 Å². The number of nitrogens with one attached hydrogen (secondary N) is 1. The number of thioether (sulfide) groups is 1. The van der Waals surface area contributed by atoms with Crippen LogP contribution in [0.25, 0.3) is 0 Å². The third-order valence-electron chi connectivity index (χ3n) is 3.85. The molecule has 0 saturated carbocycles. The number of fused-ring (bicyclic) bond motifs is 1. The molecule has 7 nitrogen and oxygen atoms in total. The van der Waals surface area contributed by atoms with E-state index in [0.717, 1.165) is 6.42 Å². The lowest BCUT2D eigenvalue weighted by Crippen LogP contribution is -2.63. The highest BCUT2D eigenvalue weighted by molar-refractivity contribution is 8.13. The van der Waals surface area contributed by atoms with Gasteiger partial charge in [0.15, 0.2) is 17.4 Å². The first-order chi connectivity index (χ1) is 10.8. The smallest absolute Gasteiger partial charge is 0.325 e. The number of likely N-dealkylation sites (N-methyl/N-ethyl adjacent to an activating group) is 1. The number of nitrogens with zero attached hydrogens (tertiary/aromatic N) is 3. The standard InChI is InChI=1S/C14H23ClN4O3S/c1-8(2)4-5-19-10-11(18(3)13(22)17-12(10)21)16-14(19)23-7-9(20)6-15/h8-11,20H,4-7H2,1-3H3,(H,17,21,22). The second-order valence-corrected chi connectivity index (χ2v) is 7.47. The molecule has 0 aliphatic carbocycles. The summed E-state index contributed by atoms with van der Waals surface area (Å²) in [6.07, 6.45) is -0.239. The van der Waals surface area contributed by atoms with Crippen LogP contribution in [0.5, 0.6) is 0 Å². The minimum Gasteiger partial charge on any atom is -0.391 e. The highest BCUT2D eigenvalue weighted by Crippen LogP contribution is 2.29. The number of aliphatic hydroxyl groups is 1. The summed E-state index contributed by atoms with van der Waals surface area (Å²) >= 11 is 7.00. The molecule has 0 spiro atoms. The number of aliphatic hydroxyl groups excluding tert-OH is 1. The average molecular weight is 363 g/mol. The van der Waals surface area contributed by atoms with Crippen LogP contribution < -0.4 is 5.32 Å². The lowest BCUT2D eigenvalue weighted by Gasteiger charge is -2.36. The van der Waals surface area contributed by atoms with Crippen LogP contribution in [0.3, 0.4) is 0 Å². The number of alkyl halides is 1. The average Bonchev–Trinajstić information content (AvgIpc) is 2.87. The largest absolute Gasteiger partial charge is 0.391 e. The fourth-order valence-electron chi connectivity index (χ4n) is 2.47. The van der Waals surface area contributed by atoms with E-state index in [-0.39, 0.29) is 11.8 Å². The van der Waals surface area contributed by atoms with E-state index >= 15 is 0 Å². The van der Waals surface area contributed by atoms with E-state index in [1.54, 1.807) is 7.05 Å². The van der Waals surface area contributed by atoms with Crippen molar-refractivity contribution in [1.82, 2.24) is 15.1 Å². The van der Waals surface area contributed by atoms with Crippen LogP contribution >= 0.6 is 23.4 Å². The van der Waals surface area contributed by atoms with Gasteiger partial charge in [0.1, 0.15) is 0 Å². The lowest BCUT2D eigenvalue weighted by atomic mass is 10.1. The zero-order valence-electron chi connectivity index (χ0n) is 13.5. The van der Waals surface area contributed by atoms with Gasteiger partial charge in [-0.15, -0.1) is 11.6 Å². The maximum atomic E-state index is 12.3. The van der Waals surface area contributed by atoms with Gasteiger partial charge in [-0.05, 0) is 12.3 Å². The molecule has 3 unspecified atom stereocenters. The van der Waals surface area contributed by atoms with Crippen molar-refractivity contribution >= 4 is 40.5 Å². The third-order valence-corrected chi connectivity index (χ3v) is 5.36. The van der Waals surface area contributed by atoms with Crippen LogP contribution in [0.2, 0.25) is 0 Å². The second kappa shape index (κ2) is 7.72. The molecule has 0 radical (unpaired) electrons. The molecular weight excluding hydrogens is 340 g/mol. The maximum Gasteiger partial charge on any atom is 0.325 e. The number of carbonyl (C=O) groups is 2. The van der Waals surface area contributed by atoms with Crippen LogP contribution in [0.15, 0.2) is 4.99 Å². The minimum absolute atomic E-state index is 0.151. The van der Waals surface area contributed by atoms with E-state index in [9.17, 15) is 14.7 Å². The molecule has 2 aliphatic heterocycles. The predicted octanol–water partition coefficient (Wildman–Crippen LogP) is 0.913. The van der Waals surface area contributed by atoms with E-state index in [4.69, 9.17) is 11.6 Å². The molecule has 2 aliphatic rings. The summed E-state index contributed by atoms with van der Waals surface area (Å²) in [4.78, 5) is 32.0. The Morgan fingerprint density at radius 1 is 1.43 bits per heavy atom. The predicted molar refractivity (Wildman–Crippen MR) is 91.7 cm³/mol. The SMILES string of the molecule is CC(C)CCN1C(SCC(O)CCl)=NC2C1C(=O)NC(=O)N2C. The van der Waals surface area contributed by atoms with Crippen molar-refractivity contribution in [2.24, 2.45) is 10.9 Å². The summed E-state index contributed by atoms with van der Waals surface area (Å²) in [6, 6.07) is -0.942. The van der Waals surface area contributed by atoms with Crippen LogP contribution in [0.1, 0.15) is 20.3 Å². The minimum atomic E-state index is -0.632. The van der Waals surface area contributed by atoms with E-state index in [0.29, 0.717) is 23.4 Å². The van der Waals surface area contributed by atoms with Crippen molar-refractivity contribution < 1.29 is 14.7 Å². The molecule has 3 atom stereocenters. The van der Waals surface area contributed by atoms with Crippen LogP contribution in [0.4, 0.5) is 4.79 Å². The Hall–Kier alpha value is -0.990. The number of aliphatic imine (C=N–C) groups is 1. The third kappa shape index (κ3) is 4.10. The highest BCUT2D eigenvalue weighted by Gasteiger charge is 2.48. The molecule has 0 aromatic carbocycles. The zero-order chi connectivity index (χ0) is 17.1. The first-order valence-electron chi connectivity index (χ1n) is 7.64. The summed E-state index contributed by atoms with van der Waals surface area (Å²) < 4.78 is 0. The van der Waals surface area contributed by atoms with E-state index in [1.165, 1.54) is 16.7 Å². The Bertz CT molecular complexity index is 502. The molecular formula is C14H23ClN4O3S. The summed E-state index contributed by atoms with van der Waals surface area (Å²) in [5.41, 5.74) is 0. The summed E-state index contributed by atoms with van der Waals surface area (Å²) in [7, 11) is 1.63. The number of rotatable bonds is 6. The van der Waals surface area contributed by atoms with E-state index in [2.05, 4.69) is 24.2 Å². The Morgan fingerprint density at radius 3 is 2.74 bits per heavy atom. The van der Waals surface area contributed by atoms with Gasteiger partial charge < -0.3 is 14.9 Å². The first kappa shape index (κ1) is 18.4. The van der Waals surface area contributed by atoms with Gasteiger partial charge >= 0.3 is 6.03 Å². The Kier molecular flexibility index (Phi) is 6.16. The molecule has 1 saturated heterocycles. The number of hydrogen-bond donors (Lipinski definition) is 2. The number of amidine groups is 1. The fourth-order valence-corrected chi connectivity index (χ4v) is 3.72. The molecule has 130 valence electrons. The summed E-state index contributed by atoms with van der Waals surface area (Å²) in [5, 5.41) is 12.7. The summed E-state index contributed by atoms with van der Waals surface area (Å²) in [6.45, 7) is 4.91. The van der Waals surface area contributed by atoms with Gasteiger partial charge in [-0.25, -0.2) is 9.79 Å². The molecule has 2 heterocycles. The van der Waals surface area contributed by atoms with Gasteiger partial charge in [0.25, 0.3) is 5.91 Å². The van der Waals surface area contributed by atoms with Gasteiger partial charge in [0.05, 0.1) is 6.10 Å². The number of halogens is 1. The van der Waals surface area contributed by atoms with Gasteiger partial charge in [-0.3, -0.25) is 10.1 Å². The number of urea groups is 1. The molecule has 2 rings (SSSR count). The van der Waals surface area contributed by atoms with Crippen molar-refractivity contribution in [3.05, 3.63) is 0 Å². The van der Waals surface area contributed by atoms with Crippen LogP contribution in [-0.2, 0) is 4.79 Å². The van der Waals surface area contributed by atoms with Gasteiger partial charge in [0, 0.05) is 25.2 Å². The summed E-state index contributed by atoms with van der Waals surface area (Å²) in [5.74, 6) is 0.718. The van der Waals surface area contributed by atoms with E-state index < -0.39 is 24.3 Å². The zero-order valence-corrected chi connectivity index (χ0v) is 15.1. The van der Waals surface area contributed by atoms with Crippen LogP contribution in [-0.4, -0.2) is 75.5 Å². The number of carbonyl (C=O) groups excluding carboxylic acids is 2. The molecule has 2 N–H and O–H groups in total. The second-order valence-electron chi connectivity index (χ2n) is 6.17. The highest BCUT2D eigenvalue weighted by atomic mass is 35.5. The van der Waals surface area contributed by atoms with Crippen molar-refractivity contribution in [1.29, 1.82) is 0 Å². The van der Waals surface area contributed by atoms with Gasteiger partial charge in [-0.2, -0.15) is 0 Å². The van der Waals surface area contributed by atoms with Gasteiger partial charge in [-0.1, -0.05) is 25.6 Å². The molecule has 0 bridgehead atoms.